The third-order valence-corrected chi connectivity index (χ3v) is 3.25. The number of hydrogen-bond donors (Lipinski definition) is 2. The molecule has 22 heavy (non-hydrogen) atoms. The first-order valence-corrected chi connectivity index (χ1v) is 7.25. The lowest BCUT2D eigenvalue weighted by Crippen LogP contribution is -2.25. The van der Waals surface area contributed by atoms with Crippen molar-refractivity contribution >= 4 is 34.8 Å². The lowest BCUT2D eigenvalue weighted by atomic mass is 10.2. The molecule has 1 unspecified atom stereocenters. The Morgan fingerprint density at radius 1 is 1.23 bits per heavy atom. The second-order valence-electron chi connectivity index (χ2n) is 4.81. The van der Waals surface area contributed by atoms with Gasteiger partial charge in [0.15, 0.2) is 0 Å². The molecule has 2 aromatic rings. The van der Waals surface area contributed by atoms with Crippen LogP contribution in [0.15, 0.2) is 36.7 Å². The number of aromatic nitrogens is 2. The number of nitrogens with zero attached hydrogens (tertiary/aromatic N) is 2. The van der Waals surface area contributed by atoms with Gasteiger partial charge in [-0.1, -0.05) is 18.5 Å². The SMILES string of the molecule is CCC(C(=O)Nc1ccc(NC(C)=O)cc1)n1cc(Cl)cn1. The maximum Gasteiger partial charge on any atom is 0.249 e. The number of rotatable bonds is 5. The Morgan fingerprint density at radius 2 is 1.82 bits per heavy atom. The summed E-state index contributed by atoms with van der Waals surface area (Å²) >= 11 is 5.84. The third-order valence-electron chi connectivity index (χ3n) is 3.05. The van der Waals surface area contributed by atoms with Crippen molar-refractivity contribution in [3.8, 4) is 0 Å². The number of amides is 2. The zero-order valence-corrected chi connectivity index (χ0v) is 13.1. The van der Waals surface area contributed by atoms with Gasteiger partial charge in [-0.05, 0) is 30.7 Å². The molecule has 1 atom stereocenters. The van der Waals surface area contributed by atoms with E-state index in [2.05, 4.69) is 15.7 Å². The van der Waals surface area contributed by atoms with Gasteiger partial charge in [-0.15, -0.1) is 0 Å². The molecule has 0 aliphatic carbocycles. The molecule has 0 radical (unpaired) electrons. The highest BCUT2D eigenvalue weighted by molar-refractivity contribution is 6.30. The van der Waals surface area contributed by atoms with Gasteiger partial charge >= 0.3 is 0 Å². The Balaban J connectivity index is 2.05. The summed E-state index contributed by atoms with van der Waals surface area (Å²) in [7, 11) is 0. The molecule has 1 heterocycles. The van der Waals surface area contributed by atoms with E-state index in [1.807, 2.05) is 6.92 Å². The number of hydrogen-bond acceptors (Lipinski definition) is 3. The molecule has 2 amide bonds. The molecule has 0 aliphatic heterocycles. The lowest BCUT2D eigenvalue weighted by Gasteiger charge is -2.15. The highest BCUT2D eigenvalue weighted by Gasteiger charge is 2.19. The average molecular weight is 321 g/mol. The summed E-state index contributed by atoms with van der Waals surface area (Å²) in [5, 5.41) is 10.1. The summed E-state index contributed by atoms with van der Waals surface area (Å²) in [6, 6.07) is 6.48. The predicted octanol–water partition coefficient (Wildman–Crippen LogP) is 3.08. The fourth-order valence-electron chi connectivity index (χ4n) is 2.04. The van der Waals surface area contributed by atoms with E-state index in [9.17, 15) is 9.59 Å². The van der Waals surface area contributed by atoms with E-state index < -0.39 is 6.04 Å². The normalized spacial score (nSPS) is 11.8. The molecule has 0 spiro atoms. The average Bonchev–Trinajstić information content (AvgIpc) is 2.87. The zero-order valence-electron chi connectivity index (χ0n) is 12.3. The maximum absolute atomic E-state index is 12.3. The molecular weight excluding hydrogens is 304 g/mol. The van der Waals surface area contributed by atoms with Crippen LogP contribution in [-0.2, 0) is 9.59 Å². The summed E-state index contributed by atoms with van der Waals surface area (Å²) in [4.78, 5) is 23.3. The van der Waals surface area contributed by atoms with E-state index in [1.165, 1.54) is 13.1 Å². The first-order valence-electron chi connectivity index (χ1n) is 6.87. The molecule has 0 saturated carbocycles. The first-order chi connectivity index (χ1) is 10.5. The highest BCUT2D eigenvalue weighted by Crippen LogP contribution is 2.18. The Kier molecular flexibility index (Phi) is 5.16. The number of anilines is 2. The van der Waals surface area contributed by atoms with Gasteiger partial charge in [0.25, 0.3) is 0 Å². The standard InChI is InChI=1S/C15H17ClN4O2/c1-3-14(20-9-11(16)8-17-20)15(22)19-13-6-4-12(5-7-13)18-10(2)21/h4-9,14H,3H2,1-2H3,(H,18,21)(H,19,22). The van der Waals surface area contributed by atoms with Crippen LogP contribution in [0.25, 0.3) is 0 Å². The van der Waals surface area contributed by atoms with Gasteiger partial charge < -0.3 is 10.6 Å². The van der Waals surface area contributed by atoms with Crippen LogP contribution >= 0.6 is 11.6 Å². The fraction of sp³-hybridized carbons (Fsp3) is 0.267. The van der Waals surface area contributed by atoms with Crippen LogP contribution in [0.3, 0.4) is 0 Å². The minimum absolute atomic E-state index is 0.140. The van der Waals surface area contributed by atoms with Gasteiger partial charge in [0, 0.05) is 24.5 Å². The van der Waals surface area contributed by atoms with Crippen LogP contribution in [0.4, 0.5) is 11.4 Å². The predicted molar refractivity (Wildman–Crippen MR) is 85.9 cm³/mol. The van der Waals surface area contributed by atoms with Crippen LogP contribution < -0.4 is 10.6 Å². The van der Waals surface area contributed by atoms with Gasteiger partial charge in [-0.25, -0.2) is 0 Å². The highest BCUT2D eigenvalue weighted by atomic mass is 35.5. The smallest absolute Gasteiger partial charge is 0.249 e. The summed E-state index contributed by atoms with van der Waals surface area (Å²) in [5.74, 6) is -0.312. The number of carbonyl (C=O) groups is 2. The van der Waals surface area contributed by atoms with Crippen molar-refractivity contribution in [2.45, 2.75) is 26.3 Å². The molecule has 0 fully saturated rings. The Hall–Kier alpha value is -2.34. The molecule has 0 bridgehead atoms. The molecular formula is C15H17ClN4O2. The van der Waals surface area contributed by atoms with Crippen molar-refractivity contribution in [2.75, 3.05) is 10.6 Å². The van der Waals surface area contributed by atoms with E-state index in [0.29, 0.717) is 22.8 Å². The largest absolute Gasteiger partial charge is 0.326 e. The van der Waals surface area contributed by atoms with Crippen molar-refractivity contribution in [3.63, 3.8) is 0 Å². The molecule has 1 aromatic carbocycles. The molecule has 2 N–H and O–H groups in total. The van der Waals surface area contributed by atoms with Gasteiger partial charge in [-0.2, -0.15) is 5.10 Å². The summed E-state index contributed by atoms with van der Waals surface area (Å²) in [5.41, 5.74) is 1.33. The van der Waals surface area contributed by atoms with E-state index in [4.69, 9.17) is 11.6 Å². The number of benzene rings is 1. The second kappa shape index (κ2) is 7.09. The van der Waals surface area contributed by atoms with E-state index in [-0.39, 0.29) is 11.8 Å². The Morgan fingerprint density at radius 3 is 2.27 bits per heavy atom. The first kappa shape index (κ1) is 16.0. The molecule has 0 aliphatic rings. The Bertz CT molecular complexity index is 666. The van der Waals surface area contributed by atoms with E-state index in [0.717, 1.165) is 0 Å². The maximum atomic E-state index is 12.3. The molecule has 0 saturated heterocycles. The second-order valence-corrected chi connectivity index (χ2v) is 5.25. The van der Waals surface area contributed by atoms with Crippen molar-refractivity contribution in [3.05, 3.63) is 41.7 Å². The number of halogens is 1. The molecule has 6 nitrogen and oxygen atoms in total. The Labute approximate surface area is 133 Å². The van der Waals surface area contributed by atoms with Gasteiger partial charge in [-0.3, -0.25) is 14.3 Å². The quantitative estimate of drug-likeness (QED) is 0.888. The van der Waals surface area contributed by atoms with Crippen LogP contribution in [0.1, 0.15) is 26.3 Å². The zero-order chi connectivity index (χ0) is 16.1. The number of carbonyl (C=O) groups excluding carboxylic acids is 2. The lowest BCUT2D eigenvalue weighted by molar-refractivity contribution is -0.119. The van der Waals surface area contributed by atoms with Gasteiger partial charge in [0.1, 0.15) is 6.04 Å². The molecule has 7 heteroatoms. The van der Waals surface area contributed by atoms with E-state index >= 15 is 0 Å². The van der Waals surface area contributed by atoms with Crippen LogP contribution in [-0.4, -0.2) is 21.6 Å². The summed E-state index contributed by atoms with van der Waals surface area (Å²) in [6.45, 7) is 3.34. The van der Waals surface area contributed by atoms with Crippen molar-refractivity contribution in [1.82, 2.24) is 9.78 Å². The van der Waals surface area contributed by atoms with Gasteiger partial charge in [0.05, 0.1) is 11.2 Å². The minimum Gasteiger partial charge on any atom is -0.326 e. The molecule has 116 valence electrons. The van der Waals surface area contributed by atoms with Crippen LogP contribution in [0.2, 0.25) is 5.02 Å². The van der Waals surface area contributed by atoms with E-state index in [1.54, 1.807) is 35.1 Å². The van der Waals surface area contributed by atoms with Crippen LogP contribution in [0, 0.1) is 0 Å². The van der Waals surface area contributed by atoms with Crippen molar-refractivity contribution in [2.24, 2.45) is 0 Å². The monoisotopic (exact) mass is 320 g/mol. The van der Waals surface area contributed by atoms with Crippen molar-refractivity contribution in [1.29, 1.82) is 0 Å². The summed E-state index contributed by atoms with van der Waals surface area (Å²) in [6.07, 6.45) is 3.71. The van der Waals surface area contributed by atoms with Gasteiger partial charge in [0.2, 0.25) is 11.8 Å². The fourth-order valence-corrected chi connectivity index (χ4v) is 2.19. The molecule has 2 rings (SSSR count). The minimum atomic E-state index is -0.428. The summed E-state index contributed by atoms with van der Waals surface area (Å²) < 4.78 is 1.54. The number of nitrogens with one attached hydrogen (secondary N) is 2. The topological polar surface area (TPSA) is 76.0 Å². The third kappa shape index (κ3) is 4.08. The molecule has 1 aromatic heterocycles. The van der Waals surface area contributed by atoms with Crippen molar-refractivity contribution < 1.29 is 9.59 Å². The van der Waals surface area contributed by atoms with Crippen LogP contribution in [0.5, 0.6) is 0 Å².